The van der Waals surface area contributed by atoms with Crippen LogP contribution in [0, 0.1) is 29.1 Å². The second-order valence-corrected chi connectivity index (χ2v) is 7.73. The Morgan fingerprint density at radius 3 is 1.97 bits per heavy atom. The predicted octanol–water partition coefficient (Wildman–Crippen LogP) is 6.10. The van der Waals surface area contributed by atoms with E-state index in [-0.39, 0.29) is 17.8 Å². The van der Waals surface area contributed by atoms with Crippen molar-refractivity contribution in [2.75, 3.05) is 5.32 Å². The number of ether oxygens (including phenoxy) is 1. The van der Waals surface area contributed by atoms with Crippen molar-refractivity contribution >= 4 is 11.6 Å². The largest absolute Gasteiger partial charge is 0.486 e. The fraction of sp³-hybridized carbons (Fsp3) is 0.227. The Hall–Kier alpha value is -3.36. The lowest BCUT2D eigenvalue weighted by atomic mass is 9.87. The molecule has 0 atom stereocenters. The third kappa shape index (κ3) is 4.70. The highest BCUT2D eigenvalue weighted by atomic mass is 19.2. The van der Waals surface area contributed by atoms with Crippen LogP contribution in [0.15, 0.2) is 40.8 Å². The van der Waals surface area contributed by atoms with Crippen LogP contribution < -0.4 is 10.1 Å². The number of nitrogens with one attached hydrogen (secondary N) is 1. The topological polar surface area (TPSA) is 51.5 Å². The Kier molecular flexibility index (Phi) is 6.06. The summed E-state index contributed by atoms with van der Waals surface area (Å²) in [4.78, 5) is 12.1. The first kappa shape index (κ1) is 22.3. The zero-order valence-electron chi connectivity index (χ0n) is 16.8. The highest BCUT2D eigenvalue weighted by Crippen LogP contribution is 2.28. The summed E-state index contributed by atoms with van der Waals surface area (Å²) in [5.41, 5.74) is -0.364. The molecule has 0 radical (unpaired) electrons. The van der Waals surface area contributed by atoms with Gasteiger partial charge in [-0.3, -0.25) is 4.79 Å². The van der Waals surface area contributed by atoms with E-state index >= 15 is 0 Å². The molecule has 1 amide bonds. The SMILES string of the molecule is CC(C)(C)c1ccc(OCc2ccc(C(=O)Nc3c(F)c(F)c(F)c(F)c3F)o2)cc1. The molecule has 164 valence electrons. The highest BCUT2D eigenvalue weighted by molar-refractivity contribution is 6.02. The van der Waals surface area contributed by atoms with Gasteiger partial charge in [-0.1, -0.05) is 32.9 Å². The summed E-state index contributed by atoms with van der Waals surface area (Å²) in [7, 11) is 0. The number of halogens is 5. The lowest BCUT2D eigenvalue weighted by molar-refractivity contribution is 0.0991. The van der Waals surface area contributed by atoms with E-state index in [0.717, 1.165) is 5.56 Å². The van der Waals surface area contributed by atoms with Gasteiger partial charge in [-0.05, 0) is 35.2 Å². The van der Waals surface area contributed by atoms with Crippen molar-refractivity contribution in [2.45, 2.75) is 32.8 Å². The van der Waals surface area contributed by atoms with Crippen LogP contribution in [-0.2, 0) is 12.0 Å². The van der Waals surface area contributed by atoms with Gasteiger partial charge in [-0.15, -0.1) is 0 Å². The maximum Gasteiger partial charge on any atom is 0.291 e. The first-order valence-corrected chi connectivity index (χ1v) is 9.14. The van der Waals surface area contributed by atoms with Gasteiger partial charge in [-0.25, -0.2) is 22.0 Å². The molecule has 4 nitrogen and oxygen atoms in total. The van der Waals surface area contributed by atoms with Gasteiger partial charge in [0.1, 0.15) is 23.8 Å². The molecular formula is C22H18F5NO3. The molecule has 3 aromatic rings. The Labute approximate surface area is 174 Å². The molecule has 0 aliphatic rings. The fourth-order valence-electron chi connectivity index (χ4n) is 2.67. The van der Waals surface area contributed by atoms with Gasteiger partial charge in [0.15, 0.2) is 29.0 Å². The van der Waals surface area contributed by atoms with Gasteiger partial charge < -0.3 is 14.5 Å². The molecule has 3 rings (SSSR count). The van der Waals surface area contributed by atoms with E-state index in [9.17, 15) is 26.7 Å². The minimum Gasteiger partial charge on any atom is -0.486 e. The fourth-order valence-corrected chi connectivity index (χ4v) is 2.67. The number of carbonyl (C=O) groups is 1. The molecule has 0 aliphatic carbocycles. The van der Waals surface area contributed by atoms with E-state index in [2.05, 4.69) is 20.8 Å². The van der Waals surface area contributed by atoms with Crippen molar-refractivity contribution < 1.29 is 35.9 Å². The molecule has 0 aliphatic heterocycles. The minimum atomic E-state index is -2.32. The molecule has 0 spiro atoms. The number of benzene rings is 2. The van der Waals surface area contributed by atoms with Crippen molar-refractivity contribution in [3.05, 3.63) is 82.6 Å². The van der Waals surface area contributed by atoms with Crippen LogP contribution in [0.5, 0.6) is 5.75 Å². The molecule has 0 bridgehead atoms. The lowest BCUT2D eigenvalue weighted by Crippen LogP contribution is -2.16. The molecule has 0 unspecified atom stereocenters. The van der Waals surface area contributed by atoms with E-state index in [0.29, 0.717) is 5.75 Å². The maximum atomic E-state index is 13.7. The van der Waals surface area contributed by atoms with Gasteiger partial charge in [0.25, 0.3) is 5.91 Å². The average molecular weight is 439 g/mol. The highest BCUT2D eigenvalue weighted by Gasteiger charge is 2.27. The number of hydrogen-bond donors (Lipinski definition) is 1. The van der Waals surface area contributed by atoms with E-state index in [4.69, 9.17) is 9.15 Å². The van der Waals surface area contributed by atoms with Crippen molar-refractivity contribution in [1.82, 2.24) is 0 Å². The Morgan fingerprint density at radius 2 is 1.42 bits per heavy atom. The van der Waals surface area contributed by atoms with E-state index in [1.165, 1.54) is 12.1 Å². The van der Waals surface area contributed by atoms with Crippen molar-refractivity contribution in [1.29, 1.82) is 0 Å². The lowest BCUT2D eigenvalue weighted by Gasteiger charge is -2.19. The number of rotatable bonds is 5. The zero-order valence-corrected chi connectivity index (χ0v) is 16.8. The Bertz CT molecular complexity index is 1090. The predicted molar refractivity (Wildman–Crippen MR) is 102 cm³/mol. The van der Waals surface area contributed by atoms with E-state index in [1.807, 2.05) is 12.1 Å². The summed E-state index contributed by atoms with van der Waals surface area (Å²) < 4.78 is 77.8. The summed E-state index contributed by atoms with van der Waals surface area (Å²) in [6, 6.07) is 9.96. The molecule has 1 aromatic heterocycles. The number of anilines is 1. The minimum absolute atomic E-state index is 0.0168. The molecule has 0 fully saturated rings. The van der Waals surface area contributed by atoms with Crippen LogP contribution in [0.4, 0.5) is 27.6 Å². The smallest absolute Gasteiger partial charge is 0.291 e. The number of furan rings is 1. The van der Waals surface area contributed by atoms with Crippen molar-refractivity contribution in [2.24, 2.45) is 0 Å². The first-order chi connectivity index (χ1) is 14.5. The summed E-state index contributed by atoms with van der Waals surface area (Å²) in [5, 5.41) is 1.64. The maximum absolute atomic E-state index is 13.7. The zero-order chi connectivity index (χ0) is 22.9. The molecule has 2 aromatic carbocycles. The summed E-state index contributed by atoms with van der Waals surface area (Å²) in [6.07, 6.45) is 0. The Balaban J connectivity index is 1.68. The summed E-state index contributed by atoms with van der Waals surface area (Å²) in [6.45, 7) is 6.17. The van der Waals surface area contributed by atoms with Crippen LogP contribution in [0.3, 0.4) is 0 Å². The molecule has 0 saturated carbocycles. The average Bonchev–Trinajstić information content (AvgIpc) is 3.21. The number of amides is 1. The second-order valence-electron chi connectivity index (χ2n) is 7.73. The molecular weight excluding hydrogens is 421 g/mol. The third-order valence-electron chi connectivity index (χ3n) is 4.44. The van der Waals surface area contributed by atoms with Gasteiger partial charge >= 0.3 is 0 Å². The van der Waals surface area contributed by atoms with Gasteiger partial charge in [0.05, 0.1) is 0 Å². The monoisotopic (exact) mass is 439 g/mol. The number of hydrogen-bond acceptors (Lipinski definition) is 3. The third-order valence-corrected chi connectivity index (χ3v) is 4.44. The summed E-state index contributed by atoms with van der Waals surface area (Å²) in [5.74, 6) is -11.8. The van der Waals surface area contributed by atoms with Crippen molar-refractivity contribution in [3.8, 4) is 5.75 Å². The van der Waals surface area contributed by atoms with Crippen LogP contribution in [0.1, 0.15) is 42.6 Å². The van der Waals surface area contributed by atoms with Crippen LogP contribution in [0.2, 0.25) is 0 Å². The Morgan fingerprint density at radius 1 is 0.871 bits per heavy atom. The van der Waals surface area contributed by atoms with Crippen molar-refractivity contribution in [3.63, 3.8) is 0 Å². The molecule has 1 N–H and O–H groups in total. The van der Waals surface area contributed by atoms with Gasteiger partial charge in [-0.2, -0.15) is 0 Å². The molecule has 1 heterocycles. The first-order valence-electron chi connectivity index (χ1n) is 9.14. The van der Waals surface area contributed by atoms with Crippen LogP contribution in [0.25, 0.3) is 0 Å². The van der Waals surface area contributed by atoms with Crippen LogP contribution >= 0.6 is 0 Å². The van der Waals surface area contributed by atoms with Gasteiger partial charge in [0.2, 0.25) is 5.82 Å². The van der Waals surface area contributed by atoms with Gasteiger partial charge in [0, 0.05) is 0 Å². The second kappa shape index (κ2) is 8.41. The van der Waals surface area contributed by atoms with E-state index < -0.39 is 46.4 Å². The number of carbonyl (C=O) groups excluding carboxylic acids is 1. The van der Waals surface area contributed by atoms with Crippen LogP contribution in [-0.4, -0.2) is 5.91 Å². The standard InChI is InChI=1S/C22H18F5NO3/c1-22(2,3)11-4-6-12(7-5-11)30-10-13-8-9-14(31-13)21(29)28-20-18(26)16(24)15(23)17(25)19(20)27/h4-9H,10H2,1-3H3,(H,28,29). The normalized spacial score (nSPS) is 11.5. The molecule has 0 saturated heterocycles. The quantitative estimate of drug-likeness (QED) is 0.297. The molecule has 31 heavy (non-hydrogen) atoms. The summed E-state index contributed by atoms with van der Waals surface area (Å²) >= 11 is 0. The molecule has 9 heteroatoms. The van der Waals surface area contributed by atoms with E-state index in [1.54, 1.807) is 17.4 Å².